The minimum atomic E-state index is -0.812. The normalized spacial score (nSPS) is 19.3. The summed E-state index contributed by atoms with van der Waals surface area (Å²) in [5.41, 5.74) is -0.122. The van der Waals surface area contributed by atoms with Crippen LogP contribution >= 0.6 is 0 Å². The van der Waals surface area contributed by atoms with Gasteiger partial charge in [-0.15, -0.1) is 0 Å². The molecule has 0 aromatic rings. The fourth-order valence-corrected chi connectivity index (χ4v) is 1.72. The van der Waals surface area contributed by atoms with Gasteiger partial charge in [-0.25, -0.2) is 0 Å². The van der Waals surface area contributed by atoms with Gasteiger partial charge in [0.25, 0.3) is 0 Å². The van der Waals surface area contributed by atoms with Crippen molar-refractivity contribution in [2.24, 2.45) is 11.3 Å². The SMILES string of the molecule is CCC1(C(=O)NCC(C)CC(=O)O)CC1. The van der Waals surface area contributed by atoms with Gasteiger partial charge >= 0.3 is 5.97 Å². The van der Waals surface area contributed by atoms with Crippen LogP contribution in [-0.2, 0) is 9.59 Å². The summed E-state index contributed by atoms with van der Waals surface area (Å²) in [6.45, 7) is 4.32. The largest absolute Gasteiger partial charge is 0.481 e. The van der Waals surface area contributed by atoms with Crippen molar-refractivity contribution >= 4 is 11.9 Å². The zero-order chi connectivity index (χ0) is 11.5. The molecule has 0 radical (unpaired) electrons. The molecule has 1 rings (SSSR count). The van der Waals surface area contributed by atoms with Gasteiger partial charge in [-0.3, -0.25) is 9.59 Å². The van der Waals surface area contributed by atoms with E-state index in [-0.39, 0.29) is 23.7 Å². The molecule has 0 saturated heterocycles. The maximum absolute atomic E-state index is 11.7. The number of carboxylic acids is 1. The topological polar surface area (TPSA) is 66.4 Å². The van der Waals surface area contributed by atoms with E-state index < -0.39 is 5.97 Å². The first-order chi connectivity index (χ1) is 7.00. The molecule has 1 aliphatic carbocycles. The fraction of sp³-hybridized carbons (Fsp3) is 0.818. The number of amides is 1. The lowest BCUT2D eigenvalue weighted by Gasteiger charge is -2.15. The van der Waals surface area contributed by atoms with Crippen LogP contribution in [0.15, 0.2) is 0 Å². The van der Waals surface area contributed by atoms with Crippen LogP contribution in [0.4, 0.5) is 0 Å². The molecular formula is C11H19NO3. The standard InChI is InChI=1S/C11H19NO3/c1-3-11(4-5-11)10(15)12-7-8(2)6-9(13)14/h8H,3-7H2,1-2H3,(H,12,15)(H,13,14). The highest BCUT2D eigenvalue weighted by molar-refractivity contribution is 5.85. The Labute approximate surface area is 90.0 Å². The molecule has 15 heavy (non-hydrogen) atoms. The van der Waals surface area contributed by atoms with Crippen molar-refractivity contribution in [3.63, 3.8) is 0 Å². The molecule has 4 nitrogen and oxygen atoms in total. The monoisotopic (exact) mass is 213 g/mol. The molecule has 1 amide bonds. The average molecular weight is 213 g/mol. The number of carbonyl (C=O) groups excluding carboxylic acids is 1. The molecule has 0 spiro atoms. The average Bonchev–Trinajstić information content (AvgIpc) is 2.93. The van der Waals surface area contributed by atoms with Crippen LogP contribution in [-0.4, -0.2) is 23.5 Å². The number of hydrogen-bond acceptors (Lipinski definition) is 2. The number of hydrogen-bond donors (Lipinski definition) is 2. The Balaban J connectivity index is 2.25. The van der Waals surface area contributed by atoms with Gasteiger partial charge in [-0.1, -0.05) is 13.8 Å². The van der Waals surface area contributed by atoms with Crippen molar-refractivity contribution in [2.45, 2.75) is 39.5 Å². The third kappa shape index (κ3) is 3.22. The number of carbonyl (C=O) groups is 2. The van der Waals surface area contributed by atoms with Gasteiger partial charge in [-0.2, -0.15) is 0 Å². The Morgan fingerprint density at radius 3 is 2.47 bits per heavy atom. The van der Waals surface area contributed by atoms with Crippen molar-refractivity contribution in [3.05, 3.63) is 0 Å². The van der Waals surface area contributed by atoms with E-state index in [0.717, 1.165) is 19.3 Å². The van der Waals surface area contributed by atoms with Gasteiger partial charge in [0, 0.05) is 18.4 Å². The molecule has 1 unspecified atom stereocenters. The summed E-state index contributed by atoms with van der Waals surface area (Å²) in [6.07, 6.45) is 2.94. The van der Waals surface area contributed by atoms with E-state index >= 15 is 0 Å². The fourth-order valence-electron chi connectivity index (χ4n) is 1.72. The molecule has 1 atom stereocenters. The third-order valence-electron chi connectivity index (χ3n) is 3.15. The third-order valence-corrected chi connectivity index (χ3v) is 3.15. The molecule has 1 aliphatic rings. The quantitative estimate of drug-likeness (QED) is 0.701. The van der Waals surface area contributed by atoms with Gasteiger partial charge in [0.1, 0.15) is 0 Å². The Kier molecular flexibility index (Phi) is 3.72. The molecular weight excluding hydrogens is 194 g/mol. The smallest absolute Gasteiger partial charge is 0.303 e. The maximum Gasteiger partial charge on any atom is 0.303 e. The molecule has 0 heterocycles. The lowest BCUT2D eigenvalue weighted by molar-refractivity contribution is -0.138. The van der Waals surface area contributed by atoms with Crippen molar-refractivity contribution in [2.75, 3.05) is 6.54 Å². The van der Waals surface area contributed by atoms with Gasteiger partial charge in [0.15, 0.2) is 0 Å². The van der Waals surface area contributed by atoms with Crippen LogP contribution in [0.2, 0.25) is 0 Å². The second-order valence-corrected chi connectivity index (χ2v) is 4.55. The summed E-state index contributed by atoms with van der Waals surface area (Å²) in [4.78, 5) is 22.1. The van der Waals surface area contributed by atoms with E-state index in [1.165, 1.54) is 0 Å². The Morgan fingerprint density at radius 2 is 2.07 bits per heavy atom. The van der Waals surface area contributed by atoms with Crippen molar-refractivity contribution in [3.8, 4) is 0 Å². The number of aliphatic carboxylic acids is 1. The summed E-state index contributed by atoms with van der Waals surface area (Å²) in [5, 5.41) is 11.4. The zero-order valence-electron chi connectivity index (χ0n) is 9.38. The van der Waals surface area contributed by atoms with Crippen LogP contribution in [0.3, 0.4) is 0 Å². The number of rotatable bonds is 6. The lowest BCUT2D eigenvalue weighted by Crippen LogP contribution is -2.35. The van der Waals surface area contributed by atoms with Crippen molar-refractivity contribution in [1.82, 2.24) is 5.32 Å². The second-order valence-electron chi connectivity index (χ2n) is 4.55. The summed E-state index contributed by atoms with van der Waals surface area (Å²) in [7, 11) is 0. The number of carboxylic acid groups (broad SMARTS) is 1. The first-order valence-corrected chi connectivity index (χ1v) is 5.50. The summed E-state index contributed by atoms with van der Waals surface area (Å²) >= 11 is 0. The van der Waals surface area contributed by atoms with E-state index in [9.17, 15) is 9.59 Å². The summed E-state index contributed by atoms with van der Waals surface area (Å²) in [6, 6.07) is 0. The molecule has 2 N–H and O–H groups in total. The highest BCUT2D eigenvalue weighted by Gasteiger charge is 2.47. The zero-order valence-corrected chi connectivity index (χ0v) is 9.38. The van der Waals surface area contributed by atoms with Gasteiger partial charge < -0.3 is 10.4 Å². The van der Waals surface area contributed by atoms with E-state index in [4.69, 9.17) is 5.11 Å². The minimum absolute atomic E-state index is 0.000828. The first-order valence-electron chi connectivity index (χ1n) is 5.50. The van der Waals surface area contributed by atoms with Crippen LogP contribution < -0.4 is 5.32 Å². The number of nitrogens with one attached hydrogen (secondary N) is 1. The van der Waals surface area contributed by atoms with Crippen LogP contribution in [0, 0.1) is 11.3 Å². The van der Waals surface area contributed by atoms with E-state index in [2.05, 4.69) is 5.32 Å². The molecule has 0 aromatic heterocycles. The molecule has 86 valence electrons. The highest BCUT2D eigenvalue weighted by atomic mass is 16.4. The van der Waals surface area contributed by atoms with E-state index in [1.54, 1.807) is 0 Å². The van der Waals surface area contributed by atoms with Gasteiger partial charge in [-0.05, 0) is 25.2 Å². The summed E-state index contributed by atoms with van der Waals surface area (Å²) in [5.74, 6) is -0.713. The van der Waals surface area contributed by atoms with E-state index in [1.807, 2.05) is 13.8 Å². The van der Waals surface area contributed by atoms with Gasteiger partial charge in [0.2, 0.25) is 5.91 Å². The predicted octanol–water partition coefficient (Wildman–Crippen LogP) is 1.40. The molecule has 1 fully saturated rings. The molecule has 0 aromatic carbocycles. The molecule has 4 heteroatoms. The molecule has 1 saturated carbocycles. The molecule has 0 bridgehead atoms. The Hall–Kier alpha value is -1.06. The predicted molar refractivity (Wildman–Crippen MR) is 56.4 cm³/mol. The van der Waals surface area contributed by atoms with Crippen LogP contribution in [0.25, 0.3) is 0 Å². The van der Waals surface area contributed by atoms with Crippen molar-refractivity contribution in [1.29, 1.82) is 0 Å². The van der Waals surface area contributed by atoms with Gasteiger partial charge in [0.05, 0.1) is 0 Å². The first kappa shape index (κ1) is 12.0. The van der Waals surface area contributed by atoms with Crippen LogP contribution in [0.1, 0.15) is 39.5 Å². The van der Waals surface area contributed by atoms with Crippen molar-refractivity contribution < 1.29 is 14.7 Å². The Bertz CT molecular complexity index is 259. The lowest BCUT2D eigenvalue weighted by atomic mass is 10.0. The minimum Gasteiger partial charge on any atom is -0.481 e. The summed E-state index contributed by atoms with van der Waals surface area (Å²) < 4.78 is 0. The highest BCUT2D eigenvalue weighted by Crippen LogP contribution is 2.48. The van der Waals surface area contributed by atoms with E-state index in [0.29, 0.717) is 6.54 Å². The maximum atomic E-state index is 11.7. The molecule has 0 aliphatic heterocycles. The van der Waals surface area contributed by atoms with Crippen LogP contribution in [0.5, 0.6) is 0 Å². The second kappa shape index (κ2) is 4.64. The Morgan fingerprint density at radius 1 is 1.47 bits per heavy atom.